The molecule has 6 rings (SSSR count). The molecule has 0 heteroatoms. The molecular weight excluding hydrogens is 721 g/mol. The van der Waals surface area contributed by atoms with Gasteiger partial charge in [0, 0.05) is 10.8 Å². The van der Waals surface area contributed by atoms with Gasteiger partial charge in [-0.2, -0.15) is 0 Å². The van der Waals surface area contributed by atoms with Crippen LogP contribution in [0.5, 0.6) is 0 Å². The lowest BCUT2D eigenvalue weighted by Gasteiger charge is -2.34. The van der Waals surface area contributed by atoms with Gasteiger partial charge < -0.3 is 0 Å². The maximum Gasteiger partial charge on any atom is 0.0215 e. The van der Waals surface area contributed by atoms with Gasteiger partial charge in [0.15, 0.2) is 0 Å². The highest BCUT2D eigenvalue weighted by atomic mass is 14.5. The topological polar surface area (TPSA) is 0 Å². The van der Waals surface area contributed by atoms with Gasteiger partial charge in [-0.05, 0) is 133 Å². The van der Waals surface area contributed by atoms with Crippen molar-refractivity contribution in [1.82, 2.24) is 0 Å². The van der Waals surface area contributed by atoms with Gasteiger partial charge >= 0.3 is 0 Å². The van der Waals surface area contributed by atoms with Crippen molar-refractivity contribution in [2.75, 3.05) is 0 Å². The van der Waals surface area contributed by atoms with Crippen molar-refractivity contribution < 1.29 is 0 Å². The number of allylic oxidation sites excluding steroid dienone is 2. The molecule has 2 aliphatic carbocycles. The molecule has 0 saturated heterocycles. The number of benzene rings is 4. The molecule has 0 bridgehead atoms. The van der Waals surface area contributed by atoms with Crippen molar-refractivity contribution in [2.24, 2.45) is 0 Å². The van der Waals surface area contributed by atoms with Gasteiger partial charge in [0.2, 0.25) is 0 Å². The van der Waals surface area contributed by atoms with Gasteiger partial charge in [0.1, 0.15) is 0 Å². The van der Waals surface area contributed by atoms with Crippen LogP contribution in [0.3, 0.4) is 0 Å². The van der Waals surface area contributed by atoms with E-state index in [0.29, 0.717) is 0 Å². The smallest absolute Gasteiger partial charge is 0.0215 e. The Kier molecular flexibility index (Phi) is 17.6. The van der Waals surface area contributed by atoms with Crippen LogP contribution in [0.15, 0.2) is 98.1 Å². The predicted molar refractivity (Wildman–Crippen MR) is 266 cm³/mol. The molecular formula is C60H82. The predicted octanol–water partition coefficient (Wildman–Crippen LogP) is 19.1. The Morgan fingerprint density at radius 3 is 1.02 bits per heavy atom. The van der Waals surface area contributed by atoms with Crippen LogP contribution in [-0.4, -0.2) is 0 Å². The van der Waals surface area contributed by atoms with Crippen molar-refractivity contribution in [3.05, 3.63) is 131 Å². The van der Waals surface area contributed by atoms with Gasteiger partial charge in [-0.1, -0.05) is 213 Å². The summed E-state index contributed by atoms with van der Waals surface area (Å²) < 4.78 is 0. The minimum atomic E-state index is 0.0629. The zero-order valence-corrected chi connectivity index (χ0v) is 38.9. The highest BCUT2D eigenvalue weighted by molar-refractivity contribution is 5.87. The van der Waals surface area contributed by atoms with Crippen LogP contribution in [-0.2, 0) is 10.8 Å². The van der Waals surface area contributed by atoms with E-state index in [9.17, 15) is 0 Å². The number of rotatable bonds is 29. The summed E-state index contributed by atoms with van der Waals surface area (Å²) in [6.45, 7) is 17.3. The third-order valence-corrected chi connectivity index (χ3v) is 14.8. The molecule has 4 aromatic carbocycles. The first-order valence-electron chi connectivity index (χ1n) is 25.2. The molecule has 0 radical (unpaired) electrons. The fourth-order valence-corrected chi connectivity index (χ4v) is 11.5. The summed E-state index contributed by atoms with van der Waals surface area (Å²) in [5, 5.41) is 0. The summed E-state index contributed by atoms with van der Waals surface area (Å²) >= 11 is 0. The van der Waals surface area contributed by atoms with E-state index in [1.165, 1.54) is 199 Å². The van der Waals surface area contributed by atoms with Crippen LogP contribution in [0.4, 0.5) is 0 Å². The quantitative estimate of drug-likeness (QED) is 0.0379. The Morgan fingerprint density at radius 2 is 0.667 bits per heavy atom. The van der Waals surface area contributed by atoms with Gasteiger partial charge in [0.05, 0.1) is 0 Å². The van der Waals surface area contributed by atoms with Crippen molar-refractivity contribution in [2.45, 2.75) is 205 Å². The Bertz CT molecular complexity index is 1930. The number of hydrogen-bond acceptors (Lipinski definition) is 0. The largest absolute Gasteiger partial charge is 0.103 e. The second kappa shape index (κ2) is 23.0. The molecule has 2 aliphatic rings. The molecule has 0 aliphatic heterocycles. The second-order valence-corrected chi connectivity index (χ2v) is 19.3. The van der Waals surface area contributed by atoms with E-state index in [2.05, 4.69) is 126 Å². The lowest BCUT2D eigenvalue weighted by atomic mass is 9.69. The highest BCUT2D eigenvalue weighted by Gasteiger charge is 2.44. The maximum absolute atomic E-state index is 3.99. The van der Waals surface area contributed by atoms with E-state index in [0.717, 1.165) is 12.8 Å². The fraction of sp³-hybridized carbons (Fsp3) is 0.533. The first kappa shape index (κ1) is 45.9. The third-order valence-electron chi connectivity index (χ3n) is 14.8. The number of aryl methyl sites for hydroxylation is 2. The van der Waals surface area contributed by atoms with E-state index >= 15 is 0 Å². The number of hydrogen-bond donors (Lipinski definition) is 0. The summed E-state index contributed by atoms with van der Waals surface area (Å²) in [4.78, 5) is 0. The van der Waals surface area contributed by atoms with Crippen molar-refractivity contribution in [1.29, 1.82) is 0 Å². The summed E-state index contributed by atoms with van der Waals surface area (Å²) in [7, 11) is 0. The number of fused-ring (bicyclic) bond motifs is 6. The molecule has 0 atom stereocenters. The molecule has 60 heavy (non-hydrogen) atoms. The van der Waals surface area contributed by atoms with E-state index in [1.54, 1.807) is 22.3 Å². The molecule has 0 aromatic heterocycles. The summed E-state index contributed by atoms with van der Waals surface area (Å²) in [6.07, 6.45) is 37.9. The summed E-state index contributed by atoms with van der Waals surface area (Å²) in [5.41, 5.74) is 18.2. The fourth-order valence-electron chi connectivity index (χ4n) is 11.5. The first-order chi connectivity index (χ1) is 29.4. The first-order valence-corrected chi connectivity index (χ1v) is 25.2. The van der Waals surface area contributed by atoms with E-state index in [4.69, 9.17) is 0 Å². The monoisotopic (exact) mass is 803 g/mol. The molecule has 0 nitrogen and oxygen atoms in total. The second-order valence-electron chi connectivity index (χ2n) is 19.3. The standard InChI is InChI=1S/C60H82/c1-7-11-15-19-23-27-39-59(40-28-24-20-16-12-8-2)55-43-47(5)31-35-51(55)53-37-33-49(45-57(53)59)50-34-38-54-52-36-32-48(6)44-56(52)60(58(54)46-50,41-29-25-21-17-13-9-3)42-30-26-22-18-14-10-4/h7-8,31-38,43-46H,1-2,9-30,39-42H2,3-6H3. The van der Waals surface area contributed by atoms with E-state index in [-0.39, 0.29) is 10.8 Å². The Morgan fingerprint density at radius 1 is 0.367 bits per heavy atom. The number of unbranched alkanes of at least 4 members (excludes halogenated alkanes) is 18. The molecule has 0 fully saturated rings. The molecule has 4 aromatic rings. The summed E-state index contributed by atoms with van der Waals surface area (Å²) in [6, 6.07) is 30.1. The zero-order valence-electron chi connectivity index (χ0n) is 38.9. The van der Waals surface area contributed by atoms with Crippen LogP contribution < -0.4 is 0 Å². The maximum atomic E-state index is 3.99. The SMILES string of the molecule is C=CCCCCCCC1(CCCCCCC=C)c2cc(C)ccc2-c2ccc(-c3ccc4c(c3)C(CCCCCCCC)(CCCCCCCC)c3cc(C)ccc3-4)cc21. The van der Waals surface area contributed by atoms with Crippen LogP contribution in [0, 0.1) is 13.8 Å². The van der Waals surface area contributed by atoms with Crippen LogP contribution in [0.25, 0.3) is 33.4 Å². The Hall–Kier alpha value is -3.64. The lowest BCUT2D eigenvalue weighted by molar-refractivity contribution is 0.397. The van der Waals surface area contributed by atoms with Gasteiger partial charge in [0.25, 0.3) is 0 Å². The van der Waals surface area contributed by atoms with E-state index in [1.807, 2.05) is 0 Å². The average Bonchev–Trinajstić information content (AvgIpc) is 3.67. The van der Waals surface area contributed by atoms with Crippen LogP contribution in [0.2, 0.25) is 0 Å². The molecule has 322 valence electrons. The highest BCUT2D eigenvalue weighted by Crippen LogP contribution is 2.57. The molecule has 0 amide bonds. The van der Waals surface area contributed by atoms with Crippen molar-refractivity contribution >= 4 is 0 Å². The molecule has 0 spiro atoms. The van der Waals surface area contributed by atoms with Gasteiger partial charge in [-0.3, -0.25) is 0 Å². The lowest BCUT2D eigenvalue weighted by Crippen LogP contribution is -2.26. The average molecular weight is 803 g/mol. The Balaban J connectivity index is 1.40. The summed E-state index contributed by atoms with van der Waals surface area (Å²) in [5.74, 6) is 0. The third kappa shape index (κ3) is 10.7. The Labute approximate surface area is 368 Å². The minimum Gasteiger partial charge on any atom is -0.103 e. The molecule has 0 N–H and O–H groups in total. The molecule has 0 unspecified atom stereocenters. The zero-order chi connectivity index (χ0) is 42.2. The van der Waals surface area contributed by atoms with Crippen molar-refractivity contribution in [3.63, 3.8) is 0 Å². The normalized spacial score (nSPS) is 14.1. The van der Waals surface area contributed by atoms with Crippen LogP contribution >= 0.6 is 0 Å². The minimum absolute atomic E-state index is 0.0629. The van der Waals surface area contributed by atoms with Gasteiger partial charge in [-0.25, -0.2) is 0 Å². The van der Waals surface area contributed by atoms with Crippen molar-refractivity contribution in [3.8, 4) is 33.4 Å². The molecule has 0 heterocycles. The molecule has 0 saturated carbocycles. The van der Waals surface area contributed by atoms with Crippen LogP contribution in [0.1, 0.15) is 214 Å². The van der Waals surface area contributed by atoms with Gasteiger partial charge in [-0.15, -0.1) is 13.2 Å². The van der Waals surface area contributed by atoms with E-state index < -0.39 is 0 Å².